The largest absolute Gasteiger partial charge is 0.606 e. The fourth-order valence-electron chi connectivity index (χ4n) is 2.15. The number of nitrogen functional groups attached to an aromatic ring is 2. The van der Waals surface area contributed by atoms with Gasteiger partial charge in [-0.15, -0.1) is 0 Å². The summed E-state index contributed by atoms with van der Waals surface area (Å²) in [5.41, 5.74) is 17.2. The zero-order valence-electron chi connectivity index (χ0n) is 12.3. The van der Waals surface area contributed by atoms with Crippen molar-refractivity contribution in [2.75, 3.05) is 11.5 Å². The number of hydrogen-bond acceptors (Lipinski definition) is 3. The molecule has 0 spiro atoms. The summed E-state index contributed by atoms with van der Waals surface area (Å²) in [6.07, 6.45) is 0. The van der Waals surface area contributed by atoms with Crippen LogP contribution in [0.15, 0.2) is 34.1 Å². The lowest BCUT2D eigenvalue weighted by atomic mass is 10.1. The normalized spacial score (nSPS) is 11.1. The van der Waals surface area contributed by atoms with E-state index in [4.69, 9.17) is 11.5 Å². The van der Waals surface area contributed by atoms with E-state index in [1.807, 2.05) is 52.0 Å². The SMILES string of the molecule is Cc1c(N)ccc([S+]([O-])c2ccc(N)c(C)c2C)c1C. The van der Waals surface area contributed by atoms with Gasteiger partial charge in [0.05, 0.1) is 0 Å². The Bertz CT molecular complexity index is 611. The molecule has 0 aliphatic rings. The van der Waals surface area contributed by atoms with Crippen molar-refractivity contribution in [3.05, 3.63) is 46.5 Å². The third-order valence-corrected chi connectivity index (χ3v) is 5.64. The van der Waals surface area contributed by atoms with Gasteiger partial charge in [0.15, 0.2) is 9.79 Å². The quantitative estimate of drug-likeness (QED) is 0.658. The summed E-state index contributed by atoms with van der Waals surface area (Å²) in [5.74, 6) is 0. The van der Waals surface area contributed by atoms with Crippen LogP contribution < -0.4 is 11.5 Å². The molecule has 0 bridgehead atoms. The molecule has 0 atom stereocenters. The van der Waals surface area contributed by atoms with Crippen LogP contribution in [0.3, 0.4) is 0 Å². The van der Waals surface area contributed by atoms with E-state index in [-0.39, 0.29) is 0 Å². The minimum atomic E-state index is -1.22. The van der Waals surface area contributed by atoms with Gasteiger partial charge in [0, 0.05) is 33.7 Å². The Morgan fingerprint density at radius 3 is 1.40 bits per heavy atom. The van der Waals surface area contributed by atoms with E-state index < -0.39 is 11.2 Å². The lowest BCUT2D eigenvalue weighted by Gasteiger charge is -2.17. The predicted octanol–water partition coefficient (Wildman–Crippen LogP) is 3.25. The molecule has 106 valence electrons. The molecule has 20 heavy (non-hydrogen) atoms. The fraction of sp³-hybridized carbons (Fsp3) is 0.250. The van der Waals surface area contributed by atoms with E-state index >= 15 is 0 Å². The highest BCUT2D eigenvalue weighted by Gasteiger charge is 2.22. The first-order valence-electron chi connectivity index (χ1n) is 6.47. The molecular formula is C16H20N2OS. The molecule has 2 aromatic rings. The maximum absolute atomic E-state index is 12.8. The van der Waals surface area contributed by atoms with E-state index in [0.29, 0.717) is 0 Å². The number of hydrogen-bond donors (Lipinski definition) is 2. The molecule has 0 unspecified atom stereocenters. The Morgan fingerprint density at radius 2 is 1.05 bits per heavy atom. The van der Waals surface area contributed by atoms with Crippen LogP contribution in [0.5, 0.6) is 0 Å². The maximum atomic E-state index is 12.8. The van der Waals surface area contributed by atoms with Crippen molar-refractivity contribution >= 4 is 22.6 Å². The van der Waals surface area contributed by atoms with Gasteiger partial charge >= 0.3 is 0 Å². The smallest absolute Gasteiger partial charge is 0.161 e. The number of benzene rings is 2. The van der Waals surface area contributed by atoms with Gasteiger partial charge in [-0.25, -0.2) is 0 Å². The van der Waals surface area contributed by atoms with E-state index in [9.17, 15) is 4.55 Å². The van der Waals surface area contributed by atoms with Gasteiger partial charge in [-0.05, 0) is 63.1 Å². The van der Waals surface area contributed by atoms with Crippen molar-refractivity contribution < 1.29 is 4.55 Å². The van der Waals surface area contributed by atoms with E-state index in [2.05, 4.69) is 0 Å². The van der Waals surface area contributed by atoms with Crippen LogP contribution in [0.1, 0.15) is 22.3 Å². The minimum Gasteiger partial charge on any atom is -0.606 e. The summed E-state index contributed by atoms with van der Waals surface area (Å²) < 4.78 is 12.8. The van der Waals surface area contributed by atoms with Crippen molar-refractivity contribution in [1.29, 1.82) is 0 Å². The molecule has 0 saturated heterocycles. The summed E-state index contributed by atoms with van der Waals surface area (Å²) in [5, 5.41) is 0. The first-order chi connectivity index (χ1) is 9.34. The second-order valence-corrected chi connectivity index (χ2v) is 6.49. The summed E-state index contributed by atoms with van der Waals surface area (Å²) in [7, 11) is 0. The Balaban J connectivity index is 2.55. The lowest BCUT2D eigenvalue weighted by Crippen LogP contribution is -2.09. The monoisotopic (exact) mass is 288 g/mol. The lowest BCUT2D eigenvalue weighted by molar-refractivity contribution is 0.593. The Labute approximate surface area is 123 Å². The molecule has 0 aromatic heterocycles. The van der Waals surface area contributed by atoms with Gasteiger partial charge in [0.25, 0.3) is 0 Å². The molecule has 3 nitrogen and oxygen atoms in total. The number of nitrogens with two attached hydrogens (primary N) is 2. The molecule has 0 heterocycles. The average molecular weight is 288 g/mol. The predicted molar refractivity (Wildman–Crippen MR) is 85.3 cm³/mol. The third kappa shape index (κ3) is 2.37. The maximum Gasteiger partial charge on any atom is 0.161 e. The average Bonchev–Trinajstić information content (AvgIpc) is 2.42. The minimum absolute atomic E-state index is 0.730. The molecule has 0 saturated carbocycles. The first kappa shape index (κ1) is 14.8. The Kier molecular flexibility index (Phi) is 3.97. The topological polar surface area (TPSA) is 75.1 Å². The van der Waals surface area contributed by atoms with Crippen molar-refractivity contribution in [2.24, 2.45) is 0 Å². The molecule has 4 N–H and O–H groups in total. The van der Waals surface area contributed by atoms with Gasteiger partial charge in [0.2, 0.25) is 0 Å². The van der Waals surface area contributed by atoms with E-state index in [1.54, 1.807) is 0 Å². The van der Waals surface area contributed by atoms with Crippen molar-refractivity contribution in [3.63, 3.8) is 0 Å². The highest BCUT2D eigenvalue weighted by molar-refractivity contribution is 7.91. The summed E-state index contributed by atoms with van der Waals surface area (Å²) in [6.45, 7) is 7.82. The van der Waals surface area contributed by atoms with Crippen LogP contribution in [0.2, 0.25) is 0 Å². The molecule has 0 amide bonds. The number of rotatable bonds is 2. The zero-order valence-corrected chi connectivity index (χ0v) is 13.1. The molecular weight excluding hydrogens is 268 g/mol. The molecule has 4 heteroatoms. The standard InChI is InChI=1S/C16H20N2OS/c1-9-11(3)15(7-5-13(9)17)20(19)16-8-6-14(18)10(2)12(16)4/h5-8H,17-18H2,1-4H3. The summed E-state index contributed by atoms with van der Waals surface area (Å²) in [4.78, 5) is 1.62. The summed E-state index contributed by atoms with van der Waals surface area (Å²) >= 11 is -1.22. The summed E-state index contributed by atoms with van der Waals surface area (Å²) in [6, 6.07) is 7.32. The second kappa shape index (κ2) is 5.38. The first-order valence-corrected chi connectivity index (χ1v) is 7.62. The molecule has 2 aromatic carbocycles. The second-order valence-electron chi connectivity index (χ2n) is 5.07. The van der Waals surface area contributed by atoms with Gasteiger partial charge < -0.3 is 16.0 Å². The molecule has 0 aliphatic heterocycles. The zero-order chi connectivity index (χ0) is 15.0. The van der Waals surface area contributed by atoms with E-state index in [0.717, 1.165) is 43.4 Å². The van der Waals surface area contributed by atoms with Gasteiger partial charge in [-0.2, -0.15) is 0 Å². The van der Waals surface area contributed by atoms with E-state index in [1.165, 1.54) is 0 Å². The number of anilines is 2. The van der Waals surface area contributed by atoms with Crippen LogP contribution in [0, 0.1) is 27.7 Å². The fourth-order valence-corrected chi connectivity index (χ4v) is 3.64. The molecule has 0 fully saturated rings. The van der Waals surface area contributed by atoms with Crippen molar-refractivity contribution in [3.8, 4) is 0 Å². The van der Waals surface area contributed by atoms with Crippen LogP contribution in [-0.4, -0.2) is 4.55 Å². The van der Waals surface area contributed by atoms with Crippen LogP contribution in [-0.2, 0) is 11.2 Å². The highest BCUT2D eigenvalue weighted by atomic mass is 32.2. The Morgan fingerprint density at radius 1 is 0.700 bits per heavy atom. The van der Waals surface area contributed by atoms with Crippen molar-refractivity contribution in [1.82, 2.24) is 0 Å². The molecule has 0 radical (unpaired) electrons. The third-order valence-electron chi connectivity index (χ3n) is 3.96. The molecule has 2 rings (SSSR count). The van der Waals surface area contributed by atoms with Crippen LogP contribution in [0.4, 0.5) is 11.4 Å². The van der Waals surface area contributed by atoms with Crippen LogP contribution in [0.25, 0.3) is 0 Å². The Hall–Kier alpha value is -1.65. The van der Waals surface area contributed by atoms with Gasteiger partial charge in [0.1, 0.15) is 0 Å². The van der Waals surface area contributed by atoms with Crippen LogP contribution >= 0.6 is 0 Å². The van der Waals surface area contributed by atoms with Gasteiger partial charge in [-0.1, -0.05) is 0 Å². The van der Waals surface area contributed by atoms with Crippen molar-refractivity contribution in [2.45, 2.75) is 37.5 Å². The molecule has 0 aliphatic carbocycles. The van der Waals surface area contributed by atoms with Gasteiger partial charge in [-0.3, -0.25) is 0 Å². The highest BCUT2D eigenvalue weighted by Crippen LogP contribution is 2.32.